The van der Waals surface area contributed by atoms with E-state index in [0.717, 1.165) is 18.2 Å². The number of ether oxygens (including phenoxy) is 2. The molecule has 1 N–H and O–H groups in total. The van der Waals surface area contributed by atoms with E-state index in [4.69, 9.17) is 5.11 Å². The van der Waals surface area contributed by atoms with Gasteiger partial charge < -0.3 is 14.6 Å². The van der Waals surface area contributed by atoms with Crippen LogP contribution in [0.2, 0.25) is 0 Å². The zero-order valence-corrected chi connectivity index (χ0v) is 14.2. The molecule has 1 unspecified atom stereocenters. The average Bonchev–Trinajstić information content (AvgIpc) is 2.98. The first-order valence-corrected chi connectivity index (χ1v) is 7.54. The third-order valence-corrected chi connectivity index (χ3v) is 3.36. The molecule has 1 atom stereocenters. The number of aromatic nitrogens is 2. The quantitative estimate of drug-likeness (QED) is 0.576. The molecule has 0 aliphatic carbocycles. The minimum Gasteiger partial charge on any atom is -0.477 e. The first-order chi connectivity index (χ1) is 13.3. The van der Waals surface area contributed by atoms with E-state index in [2.05, 4.69) is 14.5 Å². The lowest BCUT2D eigenvalue weighted by atomic mass is 10.2. The second-order valence-corrected chi connectivity index (χ2v) is 5.29. The number of carboxylic acid groups (broad SMARTS) is 1. The Morgan fingerprint density at radius 2 is 1.79 bits per heavy atom. The molecule has 1 aromatic carbocycles. The van der Waals surface area contributed by atoms with Gasteiger partial charge in [-0.05, 0) is 19.1 Å². The molecule has 0 aliphatic heterocycles. The molecule has 1 heterocycles. The van der Waals surface area contributed by atoms with Crippen molar-refractivity contribution in [3.63, 3.8) is 0 Å². The van der Waals surface area contributed by atoms with Crippen molar-refractivity contribution < 1.29 is 55.3 Å². The number of para-hydroxylation sites is 1. The van der Waals surface area contributed by atoms with Gasteiger partial charge in [0, 0.05) is 0 Å². The first-order valence-electron chi connectivity index (χ1n) is 7.54. The van der Waals surface area contributed by atoms with Crippen molar-refractivity contribution >= 4 is 28.9 Å². The van der Waals surface area contributed by atoms with Crippen LogP contribution in [0.5, 0.6) is 0 Å². The number of hydrogen-bond acceptors (Lipinski definition) is 6. The summed E-state index contributed by atoms with van der Waals surface area (Å²) in [6.45, 7) is 1.26. The lowest BCUT2D eigenvalue weighted by Gasteiger charge is -2.19. The molecule has 0 saturated carbocycles. The fourth-order valence-electron chi connectivity index (χ4n) is 2.31. The van der Waals surface area contributed by atoms with Crippen molar-refractivity contribution in [3.8, 4) is 0 Å². The zero-order chi connectivity index (χ0) is 22.1. The number of carboxylic acids is 1. The lowest BCUT2D eigenvalue weighted by Crippen LogP contribution is -2.34. The third kappa shape index (κ3) is 4.41. The van der Waals surface area contributed by atoms with Crippen molar-refractivity contribution in [1.29, 1.82) is 0 Å². The highest BCUT2D eigenvalue weighted by molar-refractivity contribution is 6.02. The Morgan fingerprint density at radius 1 is 1.17 bits per heavy atom. The Hall–Kier alpha value is -3.32. The van der Waals surface area contributed by atoms with Crippen LogP contribution < -0.4 is 0 Å². The number of carbonyl (C=O) groups is 3. The van der Waals surface area contributed by atoms with Crippen LogP contribution in [0.1, 0.15) is 29.3 Å². The number of benzene rings is 1. The molecule has 0 spiro atoms. The van der Waals surface area contributed by atoms with E-state index < -0.39 is 58.9 Å². The molecular formula is C15H10F6N2O6. The summed E-state index contributed by atoms with van der Waals surface area (Å²) in [7, 11) is 0. The molecule has 29 heavy (non-hydrogen) atoms. The molecule has 0 saturated heterocycles. The number of alkyl halides is 6. The van der Waals surface area contributed by atoms with Crippen molar-refractivity contribution in [3.05, 3.63) is 29.6 Å². The van der Waals surface area contributed by atoms with E-state index >= 15 is 0 Å². The number of halogens is 6. The van der Waals surface area contributed by atoms with Gasteiger partial charge in [0.25, 0.3) is 6.23 Å². The van der Waals surface area contributed by atoms with Gasteiger partial charge in [0.15, 0.2) is 0 Å². The van der Waals surface area contributed by atoms with Crippen LogP contribution in [-0.4, -0.2) is 45.3 Å². The Balaban J connectivity index is 2.78. The van der Waals surface area contributed by atoms with E-state index in [1.165, 1.54) is 6.92 Å². The summed E-state index contributed by atoms with van der Waals surface area (Å²) in [5.41, 5.74) is -1.92. The first kappa shape index (κ1) is 22.0. The minimum absolute atomic E-state index is 0.150. The molecule has 14 heteroatoms. The number of rotatable bonds is 5. The second-order valence-electron chi connectivity index (χ2n) is 5.29. The van der Waals surface area contributed by atoms with Gasteiger partial charge >= 0.3 is 30.3 Å². The minimum atomic E-state index is -5.67. The zero-order valence-electron chi connectivity index (χ0n) is 14.2. The number of carbonyl (C=O) groups excluding carboxylic acids is 2. The van der Waals surface area contributed by atoms with Gasteiger partial charge in [0.2, 0.25) is 5.82 Å². The summed E-state index contributed by atoms with van der Waals surface area (Å²) in [5, 5.41) is 9.12. The SMILES string of the molecule is CCOC(=O)c1cccc2c1nc(C(F)(F)F)n2C(OC(=O)C(F)(F)F)C(=O)O. The van der Waals surface area contributed by atoms with Crippen LogP contribution in [0.15, 0.2) is 18.2 Å². The van der Waals surface area contributed by atoms with Crippen LogP contribution in [0.3, 0.4) is 0 Å². The molecule has 0 amide bonds. The van der Waals surface area contributed by atoms with Crippen LogP contribution in [-0.2, 0) is 25.2 Å². The summed E-state index contributed by atoms with van der Waals surface area (Å²) >= 11 is 0. The Morgan fingerprint density at radius 3 is 2.28 bits per heavy atom. The monoisotopic (exact) mass is 428 g/mol. The molecule has 158 valence electrons. The fraction of sp³-hybridized carbons (Fsp3) is 0.333. The molecule has 1 aromatic heterocycles. The van der Waals surface area contributed by atoms with Crippen molar-refractivity contribution in [2.75, 3.05) is 6.61 Å². The van der Waals surface area contributed by atoms with Crippen molar-refractivity contribution in [2.45, 2.75) is 25.5 Å². The lowest BCUT2D eigenvalue weighted by molar-refractivity contribution is -0.213. The second kappa shape index (κ2) is 7.60. The number of aliphatic carboxylic acids is 1. The van der Waals surface area contributed by atoms with Gasteiger partial charge in [-0.15, -0.1) is 0 Å². The van der Waals surface area contributed by atoms with Crippen molar-refractivity contribution in [1.82, 2.24) is 9.55 Å². The smallest absolute Gasteiger partial charge is 0.477 e. The van der Waals surface area contributed by atoms with E-state index in [1.54, 1.807) is 0 Å². The fourth-order valence-corrected chi connectivity index (χ4v) is 2.31. The maximum Gasteiger partial charge on any atom is 0.491 e. The summed E-state index contributed by atoms with van der Waals surface area (Å²) < 4.78 is 85.7. The van der Waals surface area contributed by atoms with E-state index in [1.807, 2.05) is 0 Å². The largest absolute Gasteiger partial charge is 0.491 e. The molecule has 0 radical (unpaired) electrons. The number of esters is 2. The molecule has 0 aliphatic rings. The maximum atomic E-state index is 13.4. The average molecular weight is 428 g/mol. The van der Waals surface area contributed by atoms with Crippen LogP contribution in [0, 0.1) is 0 Å². The summed E-state index contributed by atoms with van der Waals surface area (Å²) in [6, 6.07) is 2.91. The highest BCUT2D eigenvalue weighted by atomic mass is 19.4. The number of hydrogen-bond donors (Lipinski definition) is 1. The van der Waals surface area contributed by atoms with E-state index in [9.17, 15) is 40.7 Å². The number of fused-ring (bicyclic) bond motifs is 1. The summed E-state index contributed by atoms with van der Waals surface area (Å²) in [6.07, 6.45) is -14.1. The van der Waals surface area contributed by atoms with Crippen LogP contribution >= 0.6 is 0 Å². The number of nitrogens with zero attached hydrogens (tertiary/aromatic N) is 2. The molecule has 0 fully saturated rings. The van der Waals surface area contributed by atoms with Crippen molar-refractivity contribution in [2.24, 2.45) is 0 Å². The Kier molecular flexibility index (Phi) is 5.76. The van der Waals surface area contributed by atoms with Crippen LogP contribution in [0.4, 0.5) is 26.3 Å². The molecule has 0 bridgehead atoms. The van der Waals surface area contributed by atoms with Gasteiger partial charge in [-0.3, -0.25) is 4.57 Å². The van der Waals surface area contributed by atoms with E-state index in [-0.39, 0.29) is 11.2 Å². The van der Waals surface area contributed by atoms with Crippen LogP contribution in [0.25, 0.3) is 11.0 Å². The Bertz CT molecular complexity index is 965. The molecule has 8 nitrogen and oxygen atoms in total. The third-order valence-electron chi connectivity index (χ3n) is 3.36. The standard InChI is InChI=1S/C15H10F6N2O6/c1-2-28-11(26)6-4-3-5-7-8(6)22-12(14(16,17)18)23(7)9(10(24)25)29-13(27)15(19,20)21/h3-5,9H,2H2,1H3,(H,24,25). The van der Waals surface area contributed by atoms with Gasteiger partial charge in [-0.1, -0.05) is 6.07 Å². The normalized spacial score (nSPS) is 13.2. The highest BCUT2D eigenvalue weighted by Gasteiger charge is 2.47. The topological polar surface area (TPSA) is 108 Å². The molecular weight excluding hydrogens is 418 g/mol. The summed E-state index contributed by atoms with van der Waals surface area (Å²) in [4.78, 5) is 37.5. The number of imidazole rings is 1. The molecule has 2 rings (SSSR count). The predicted molar refractivity (Wildman–Crippen MR) is 79.5 cm³/mol. The predicted octanol–water partition coefficient (Wildman–Crippen LogP) is 2.92. The Labute approximate surface area is 156 Å². The van der Waals surface area contributed by atoms with Gasteiger partial charge in [0.05, 0.1) is 17.7 Å². The molecule has 2 aromatic rings. The summed E-state index contributed by atoms with van der Waals surface area (Å²) in [5.74, 6) is -8.46. The van der Waals surface area contributed by atoms with E-state index in [0.29, 0.717) is 0 Å². The van der Waals surface area contributed by atoms with Gasteiger partial charge in [-0.2, -0.15) is 26.3 Å². The van der Waals surface area contributed by atoms with Gasteiger partial charge in [-0.25, -0.2) is 19.4 Å². The maximum absolute atomic E-state index is 13.4. The van der Waals surface area contributed by atoms with Gasteiger partial charge in [0.1, 0.15) is 5.52 Å². The highest BCUT2D eigenvalue weighted by Crippen LogP contribution is 2.36.